The first-order valence-corrected chi connectivity index (χ1v) is 11.0. The molecule has 5 nitrogen and oxygen atoms in total. The minimum absolute atomic E-state index is 0. The number of rotatable bonds is 9. The molecule has 1 aromatic carbocycles. The van der Waals surface area contributed by atoms with Crippen LogP contribution in [0.25, 0.3) is 0 Å². The zero-order valence-electron chi connectivity index (χ0n) is 14.8. The molecule has 0 saturated heterocycles. The maximum atomic E-state index is 13.5. The quantitative estimate of drug-likeness (QED) is 0.178. The summed E-state index contributed by atoms with van der Waals surface area (Å²) in [6.07, 6.45) is 1.76. The molecular formula is C16H27FIN3O2S2. The first-order valence-electron chi connectivity index (χ1n) is 7.91. The molecule has 0 aliphatic heterocycles. The minimum atomic E-state index is -2.96. The van der Waals surface area contributed by atoms with Gasteiger partial charge in [0, 0.05) is 29.5 Å². The lowest BCUT2D eigenvalue weighted by Crippen LogP contribution is -2.43. The van der Waals surface area contributed by atoms with Gasteiger partial charge in [-0.1, -0.05) is 12.1 Å². The molecule has 0 bridgehead atoms. The van der Waals surface area contributed by atoms with Crippen molar-refractivity contribution in [3.05, 3.63) is 30.1 Å². The van der Waals surface area contributed by atoms with Gasteiger partial charge in [-0.25, -0.2) is 12.8 Å². The molecule has 1 unspecified atom stereocenters. The van der Waals surface area contributed by atoms with Gasteiger partial charge in [0.2, 0.25) is 0 Å². The molecule has 0 aliphatic carbocycles. The van der Waals surface area contributed by atoms with E-state index in [-0.39, 0.29) is 41.6 Å². The Morgan fingerprint density at radius 1 is 1.36 bits per heavy atom. The van der Waals surface area contributed by atoms with Crippen LogP contribution >= 0.6 is 35.7 Å². The standard InChI is InChI=1S/C16H26FN3O2S2.HI/c1-4-18-16(20-13(2)9-12-24(3,21)22)19-10-11-23-15-8-6-5-7-14(15)17;/h5-8,13H,4,9-12H2,1-3H3,(H2,18,19,20);1H. The van der Waals surface area contributed by atoms with E-state index in [2.05, 4.69) is 15.6 Å². The molecule has 0 heterocycles. The molecule has 0 amide bonds. The molecule has 144 valence electrons. The van der Waals surface area contributed by atoms with Gasteiger partial charge in [0.1, 0.15) is 15.7 Å². The number of hydrogen-bond acceptors (Lipinski definition) is 4. The Kier molecular flexibility index (Phi) is 12.5. The van der Waals surface area contributed by atoms with E-state index in [1.54, 1.807) is 12.1 Å². The molecule has 0 aliphatic rings. The predicted octanol–water partition coefficient (Wildman–Crippen LogP) is 2.91. The van der Waals surface area contributed by atoms with Crippen molar-refractivity contribution in [3.8, 4) is 0 Å². The number of hydrogen-bond donors (Lipinski definition) is 2. The highest BCUT2D eigenvalue weighted by molar-refractivity contribution is 14.0. The highest BCUT2D eigenvalue weighted by Crippen LogP contribution is 2.20. The molecule has 0 aromatic heterocycles. The van der Waals surface area contributed by atoms with Gasteiger partial charge in [0.15, 0.2) is 5.96 Å². The van der Waals surface area contributed by atoms with E-state index in [1.165, 1.54) is 24.1 Å². The molecule has 0 radical (unpaired) electrons. The number of aliphatic imine (C=N–C) groups is 1. The van der Waals surface area contributed by atoms with Crippen molar-refractivity contribution < 1.29 is 12.8 Å². The predicted molar refractivity (Wildman–Crippen MR) is 115 cm³/mol. The molecule has 0 fully saturated rings. The Labute approximate surface area is 171 Å². The Morgan fingerprint density at radius 2 is 2.04 bits per heavy atom. The van der Waals surface area contributed by atoms with E-state index in [9.17, 15) is 12.8 Å². The van der Waals surface area contributed by atoms with Crippen molar-refractivity contribution >= 4 is 51.5 Å². The van der Waals surface area contributed by atoms with Crippen LogP contribution in [0.15, 0.2) is 34.2 Å². The molecule has 0 spiro atoms. The largest absolute Gasteiger partial charge is 0.357 e. The summed E-state index contributed by atoms with van der Waals surface area (Å²) in [5, 5.41) is 6.32. The highest BCUT2D eigenvalue weighted by Gasteiger charge is 2.09. The van der Waals surface area contributed by atoms with Crippen LogP contribution in [-0.4, -0.2) is 51.3 Å². The molecule has 1 aromatic rings. The van der Waals surface area contributed by atoms with Crippen LogP contribution in [0.5, 0.6) is 0 Å². The summed E-state index contributed by atoms with van der Waals surface area (Å²) in [5.41, 5.74) is 0. The lowest BCUT2D eigenvalue weighted by atomic mass is 10.3. The normalized spacial score (nSPS) is 13.0. The number of benzene rings is 1. The Morgan fingerprint density at radius 3 is 2.64 bits per heavy atom. The smallest absolute Gasteiger partial charge is 0.191 e. The molecule has 2 N–H and O–H groups in total. The monoisotopic (exact) mass is 503 g/mol. The van der Waals surface area contributed by atoms with Crippen molar-refractivity contribution in [1.82, 2.24) is 10.6 Å². The molecule has 9 heteroatoms. The third-order valence-electron chi connectivity index (χ3n) is 3.10. The number of nitrogens with zero attached hydrogens (tertiary/aromatic N) is 1. The Balaban J connectivity index is 0.00000576. The second-order valence-electron chi connectivity index (χ2n) is 5.50. The lowest BCUT2D eigenvalue weighted by molar-refractivity contribution is 0.581. The Bertz CT molecular complexity index is 642. The van der Waals surface area contributed by atoms with Crippen LogP contribution in [-0.2, 0) is 9.84 Å². The zero-order valence-corrected chi connectivity index (χ0v) is 18.8. The van der Waals surface area contributed by atoms with Gasteiger partial charge in [-0.15, -0.1) is 35.7 Å². The summed E-state index contributed by atoms with van der Waals surface area (Å²) in [6.45, 7) is 5.14. The van der Waals surface area contributed by atoms with Gasteiger partial charge in [-0.2, -0.15) is 0 Å². The molecular weight excluding hydrogens is 476 g/mol. The molecule has 1 atom stereocenters. The number of guanidine groups is 1. The summed E-state index contributed by atoms with van der Waals surface area (Å²) in [6, 6.07) is 6.67. The summed E-state index contributed by atoms with van der Waals surface area (Å²) < 4.78 is 35.9. The van der Waals surface area contributed by atoms with Crippen molar-refractivity contribution in [1.29, 1.82) is 0 Å². The second kappa shape index (κ2) is 12.7. The van der Waals surface area contributed by atoms with E-state index in [0.29, 0.717) is 36.1 Å². The summed E-state index contributed by atoms with van der Waals surface area (Å²) in [4.78, 5) is 5.06. The van der Waals surface area contributed by atoms with Crippen molar-refractivity contribution in [2.75, 3.05) is 30.9 Å². The number of sulfone groups is 1. The van der Waals surface area contributed by atoms with Gasteiger partial charge in [-0.3, -0.25) is 4.99 Å². The van der Waals surface area contributed by atoms with Gasteiger partial charge in [0.25, 0.3) is 0 Å². The lowest BCUT2D eigenvalue weighted by Gasteiger charge is -2.17. The van der Waals surface area contributed by atoms with Crippen molar-refractivity contribution in [2.24, 2.45) is 4.99 Å². The van der Waals surface area contributed by atoms with Crippen LogP contribution in [0.2, 0.25) is 0 Å². The summed E-state index contributed by atoms with van der Waals surface area (Å²) in [7, 11) is -2.96. The van der Waals surface area contributed by atoms with Gasteiger partial charge in [0.05, 0.1) is 12.3 Å². The summed E-state index contributed by atoms with van der Waals surface area (Å²) in [5.74, 6) is 1.23. The van der Waals surface area contributed by atoms with E-state index < -0.39 is 9.84 Å². The van der Waals surface area contributed by atoms with Gasteiger partial charge >= 0.3 is 0 Å². The van der Waals surface area contributed by atoms with E-state index in [0.717, 1.165) is 0 Å². The van der Waals surface area contributed by atoms with E-state index >= 15 is 0 Å². The van der Waals surface area contributed by atoms with Gasteiger partial charge < -0.3 is 10.6 Å². The fraction of sp³-hybridized carbons (Fsp3) is 0.562. The van der Waals surface area contributed by atoms with Crippen LogP contribution in [0, 0.1) is 5.82 Å². The van der Waals surface area contributed by atoms with Crippen LogP contribution < -0.4 is 10.6 Å². The van der Waals surface area contributed by atoms with E-state index in [1.807, 2.05) is 19.9 Å². The third-order valence-corrected chi connectivity index (χ3v) is 5.11. The average Bonchev–Trinajstić information content (AvgIpc) is 2.50. The minimum Gasteiger partial charge on any atom is -0.357 e. The van der Waals surface area contributed by atoms with Crippen LogP contribution in [0.4, 0.5) is 4.39 Å². The fourth-order valence-electron chi connectivity index (χ4n) is 1.89. The van der Waals surface area contributed by atoms with Crippen molar-refractivity contribution in [3.63, 3.8) is 0 Å². The highest BCUT2D eigenvalue weighted by atomic mass is 127. The fourth-order valence-corrected chi connectivity index (χ4v) is 3.46. The Hall–Kier alpha value is -0.550. The zero-order chi connectivity index (χ0) is 18.0. The second-order valence-corrected chi connectivity index (χ2v) is 8.90. The van der Waals surface area contributed by atoms with Crippen molar-refractivity contribution in [2.45, 2.75) is 31.2 Å². The SMILES string of the molecule is CCNC(=NCCSc1ccccc1F)NC(C)CCS(C)(=O)=O.I. The number of nitrogens with one attached hydrogen (secondary N) is 2. The maximum absolute atomic E-state index is 13.5. The first-order chi connectivity index (χ1) is 11.3. The molecule has 0 saturated carbocycles. The first kappa shape index (κ1) is 24.5. The van der Waals surface area contributed by atoms with Gasteiger partial charge in [-0.05, 0) is 32.4 Å². The van der Waals surface area contributed by atoms with E-state index in [4.69, 9.17) is 0 Å². The maximum Gasteiger partial charge on any atom is 0.191 e. The number of halogens is 2. The topological polar surface area (TPSA) is 70.6 Å². The third kappa shape index (κ3) is 11.6. The average molecular weight is 503 g/mol. The van der Waals surface area contributed by atoms with Crippen LogP contribution in [0.3, 0.4) is 0 Å². The molecule has 25 heavy (non-hydrogen) atoms. The van der Waals surface area contributed by atoms with Crippen LogP contribution in [0.1, 0.15) is 20.3 Å². The molecule has 1 rings (SSSR count). The summed E-state index contributed by atoms with van der Waals surface area (Å²) >= 11 is 1.42. The number of thioether (sulfide) groups is 1.